The maximum absolute atomic E-state index is 13.4. The van der Waals surface area contributed by atoms with Gasteiger partial charge in [0.2, 0.25) is 5.91 Å². The van der Waals surface area contributed by atoms with Crippen LogP contribution in [-0.4, -0.2) is 64.7 Å². The first kappa shape index (κ1) is 28.2. The third kappa shape index (κ3) is 4.41. The number of alkyl halides is 3. The highest BCUT2D eigenvalue weighted by atomic mass is 19.4. The average Bonchev–Trinajstić information content (AvgIpc) is 3.34. The van der Waals surface area contributed by atoms with Gasteiger partial charge in [0, 0.05) is 31.3 Å². The number of carbonyl (C=O) groups excluding carboxylic acids is 1. The van der Waals surface area contributed by atoms with Crippen LogP contribution in [0.5, 0.6) is 5.75 Å². The SMILES string of the molecule is CN(C(=O)/C=C/c1cccc(C(F)(F)F)c1)C1CC[C@@]2(O)[C@H]3Cc4cccc5c4[C@@]2(CCN3CCc2ccccc2)C1O5. The molecule has 2 unspecified atom stereocenters. The summed E-state index contributed by atoms with van der Waals surface area (Å²) >= 11 is 0. The molecule has 5 nitrogen and oxygen atoms in total. The van der Waals surface area contributed by atoms with Crippen LogP contribution in [0.3, 0.4) is 0 Å². The smallest absolute Gasteiger partial charge is 0.416 e. The molecule has 1 N–H and O–H groups in total. The third-order valence-electron chi connectivity index (χ3n) is 10.4. The zero-order valence-corrected chi connectivity index (χ0v) is 24.1. The highest BCUT2D eigenvalue weighted by Gasteiger charge is 2.72. The molecule has 224 valence electrons. The monoisotopic (exact) mass is 588 g/mol. The van der Waals surface area contributed by atoms with Crippen LogP contribution in [0.25, 0.3) is 6.08 Å². The largest absolute Gasteiger partial charge is 0.487 e. The first-order valence-corrected chi connectivity index (χ1v) is 15.0. The molecular formula is C35H35F3N2O3. The van der Waals surface area contributed by atoms with Crippen molar-refractivity contribution in [2.45, 2.75) is 67.5 Å². The molecule has 1 amide bonds. The zero-order chi connectivity index (χ0) is 30.0. The maximum atomic E-state index is 13.4. The van der Waals surface area contributed by atoms with Gasteiger partial charge < -0.3 is 14.7 Å². The lowest BCUT2D eigenvalue weighted by molar-refractivity contribution is -0.199. The second-order valence-corrected chi connectivity index (χ2v) is 12.5. The number of halogens is 3. The van der Waals surface area contributed by atoms with Crippen molar-refractivity contribution in [2.24, 2.45) is 0 Å². The fourth-order valence-corrected chi connectivity index (χ4v) is 8.42. The number of carbonyl (C=O) groups is 1. The Morgan fingerprint density at radius 2 is 1.88 bits per heavy atom. The molecule has 3 aromatic rings. The number of ether oxygens (including phenoxy) is 1. The van der Waals surface area contributed by atoms with Gasteiger partial charge in [-0.1, -0.05) is 54.6 Å². The minimum Gasteiger partial charge on any atom is -0.487 e. The van der Waals surface area contributed by atoms with Gasteiger partial charge >= 0.3 is 6.18 Å². The van der Waals surface area contributed by atoms with Gasteiger partial charge in [0.1, 0.15) is 11.9 Å². The van der Waals surface area contributed by atoms with Crippen molar-refractivity contribution in [1.82, 2.24) is 9.80 Å². The Morgan fingerprint density at radius 1 is 1.09 bits per heavy atom. The molecule has 8 heteroatoms. The van der Waals surface area contributed by atoms with Crippen LogP contribution in [0.4, 0.5) is 13.2 Å². The van der Waals surface area contributed by atoms with E-state index >= 15 is 0 Å². The predicted molar refractivity (Wildman–Crippen MR) is 158 cm³/mol. The molecule has 2 fully saturated rings. The quantitative estimate of drug-likeness (QED) is 0.379. The van der Waals surface area contributed by atoms with Gasteiger partial charge in [-0.05, 0) is 79.6 Å². The normalized spacial score (nSPS) is 29.3. The molecule has 0 aromatic heterocycles. The van der Waals surface area contributed by atoms with E-state index < -0.39 is 28.9 Å². The summed E-state index contributed by atoms with van der Waals surface area (Å²) in [6, 6.07) is 21.1. The van der Waals surface area contributed by atoms with E-state index in [1.54, 1.807) is 18.0 Å². The molecule has 1 saturated carbocycles. The highest BCUT2D eigenvalue weighted by Crippen LogP contribution is 2.64. The van der Waals surface area contributed by atoms with E-state index in [0.717, 1.165) is 55.8 Å². The fraction of sp³-hybridized carbons (Fsp3) is 0.400. The van der Waals surface area contributed by atoms with Gasteiger partial charge in [-0.2, -0.15) is 13.2 Å². The molecule has 1 saturated heterocycles. The molecule has 5 atom stereocenters. The Balaban J connectivity index is 1.17. The molecule has 1 spiro atoms. The number of hydrogen-bond donors (Lipinski definition) is 1. The Bertz CT molecular complexity index is 1570. The number of amides is 1. The fourth-order valence-electron chi connectivity index (χ4n) is 8.42. The molecule has 2 aliphatic heterocycles. The van der Waals surface area contributed by atoms with Gasteiger partial charge in [0.25, 0.3) is 0 Å². The van der Waals surface area contributed by atoms with Crippen LogP contribution in [0.1, 0.15) is 47.1 Å². The van der Waals surface area contributed by atoms with Crippen molar-refractivity contribution in [1.29, 1.82) is 0 Å². The number of rotatable bonds is 6. The summed E-state index contributed by atoms with van der Waals surface area (Å²) in [7, 11) is 1.73. The second-order valence-electron chi connectivity index (χ2n) is 12.5. The summed E-state index contributed by atoms with van der Waals surface area (Å²) in [5, 5.41) is 12.7. The van der Waals surface area contributed by atoms with Crippen molar-refractivity contribution >= 4 is 12.0 Å². The number of hydrogen-bond acceptors (Lipinski definition) is 4. The molecule has 3 aromatic carbocycles. The van der Waals surface area contributed by atoms with Gasteiger partial charge in [0.15, 0.2) is 0 Å². The average molecular weight is 589 g/mol. The van der Waals surface area contributed by atoms with Gasteiger partial charge in [-0.3, -0.25) is 9.69 Å². The van der Waals surface area contributed by atoms with E-state index in [-0.39, 0.29) is 18.0 Å². The van der Waals surface area contributed by atoms with Crippen molar-refractivity contribution in [3.05, 3.63) is 107 Å². The number of aliphatic hydroxyl groups is 1. The summed E-state index contributed by atoms with van der Waals surface area (Å²) in [6.07, 6.45) is 1.37. The first-order valence-electron chi connectivity index (χ1n) is 15.0. The van der Waals surface area contributed by atoms with Crippen molar-refractivity contribution in [3.8, 4) is 5.75 Å². The third-order valence-corrected chi connectivity index (χ3v) is 10.4. The van der Waals surface area contributed by atoms with Crippen LogP contribution in [0.15, 0.2) is 78.9 Å². The number of likely N-dealkylation sites (tertiary alicyclic amines) is 1. The summed E-state index contributed by atoms with van der Waals surface area (Å²) in [5.74, 6) is 0.487. The molecule has 2 bridgehead atoms. The van der Waals surface area contributed by atoms with Crippen molar-refractivity contribution in [3.63, 3.8) is 0 Å². The molecule has 4 aliphatic rings. The molecular weight excluding hydrogens is 553 g/mol. The zero-order valence-electron chi connectivity index (χ0n) is 24.1. The van der Waals surface area contributed by atoms with Gasteiger partial charge in [0.05, 0.1) is 22.6 Å². The van der Waals surface area contributed by atoms with Crippen molar-refractivity contribution < 1.29 is 27.8 Å². The lowest BCUT2D eigenvalue weighted by atomic mass is 9.48. The van der Waals surface area contributed by atoms with Crippen LogP contribution in [-0.2, 0) is 29.2 Å². The second kappa shape index (κ2) is 10.2. The maximum Gasteiger partial charge on any atom is 0.416 e. The highest BCUT2D eigenvalue weighted by molar-refractivity contribution is 5.92. The van der Waals surface area contributed by atoms with E-state index in [2.05, 4.69) is 35.2 Å². The van der Waals surface area contributed by atoms with E-state index in [9.17, 15) is 23.1 Å². The Hall–Kier alpha value is -3.62. The molecule has 2 aliphatic carbocycles. The van der Waals surface area contributed by atoms with Crippen LogP contribution < -0.4 is 4.74 Å². The number of piperidine rings is 1. The van der Waals surface area contributed by atoms with E-state index in [1.807, 2.05) is 18.2 Å². The first-order chi connectivity index (χ1) is 20.6. The molecule has 2 heterocycles. The van der Waals surface area contributed by atoms with E-state index in [0.29, 0.717) is 18.4 Å². The standard InChI is InChI=1S/C35H35F3N2O3/c1-39(30(41)14-13-24-9-5-11-26(21-24)35(36,37)38)27-15-17-34(42)29-22-25-10-6-12-28-31(25)33(34,32(27)43-28)18-20-40(29)19-16-23-7-3-2-4-8-23/h2-14,21,27,29,32,42H,15-20,22H2,1H3/b14-13+/t27?,29-,32?,33+,34-/m1/s1. The molecule has 43 heavy (non-hydrogen) atoms. The summed E-state index contributed by atoms with van der Waals surface area (Å²) in [5.41, 5.74) is 1.51. The Morgan fingerprint density at radius 3 is 2.67 bits per heavy atom. The summed E-state index contributed by atoms with van der Waals surface area (Å²) in [6.45, 7) is 1.68. The van der Waals surface area contributed by atoms with Crippen LogP contribution >= 0.6 is 0 Å². The van der Waals surface area contributed by atoms with Crippen molar-refractivity contribution in [2.75, 3.05) is 20.1 Å². The van der Waals surface area contributed by atoms with Crippen LogP contribution in [0.2, 0.25) is 0 Å². The van der Waals surface area contributed by atoms with Gasteiger partial charge in [-0.15, -0.1) is 0 Å². The minimum absolute atomic E-state index is 0.0559. The summed E-state index contributed by atoms with van der Waals surface area (Å²) < 4.78 is 46.2. The predicted octanol–water partition coefficient (Wildman–Crippen LogP) is 5.64. The Labute approximate surface area is 249 Å². The number of nitrogens with zero attached hydrogens (tertiary/aromatic N) is 2. The van der Waals surface area contributed by atoms with Gasteiger partial charge in [-0.25, -0.2) is 0 Å². The minimum atomic E-state index is -4.45. The number of benzene rings is 3. The Kier molecular flexibility index (Phi) is 6.71. The lowest BCUT2D eigenvalue weighted by Crippen LogP contribution is -2.78. The molecule has 7 rings (SSSR count). The lowest BCUT2D eigenvalue weighted by Gasteiger charge is -2.64. The topological polar surface area (TPSA) is 53.0 Å². The number of likely N-dealkylation sites (N-methyl/N-ethyl adjacent to an activating group) is 1. The van der Waals surface area contributed by atoms with E-state index in [1.165, 1.54) is 29.3 Å². The molecule has 0 radical (unpaired) electrons. The van der Waals surface area contributed by atoms with E-state index in [4.69, 9.17) is 4.74 Å². The summed E-state index contributed by atoms with van der Waals surface area (Å²) in [4.78, 5) is 17.5. The van der Waals surface area contributed by atoms with Crippen LogP contribution in [0, 0.1) is 0 Å².